The van der Waals surface area contributed by atoms with E-state index in [-0.39, 0.29) is 0 Å². The number of aryl methyl sites for hydroxylation is 1. The molecule has 0 radical (unpaired) electrons. The minimum absolute atomic E-state index is 0.553. The van der Waals surface area contributed by atoms with Crippen molar-refractivity contribution in [3.05, 3.63) is 59.5 Å². The van der Waals surface area contributed by atoms with Crippen LogP contribution in [0, 0.1) is 6.92 Å². The molecule has 0 aliphatic rings. The maximum Gasteiger partial charge on any atom is 0.129 e. The number of benzene rings is 1. The Kier molecular flexibility index (Phi) is 3.73. The summed E-state index contributed by atoms with van der Waals surface area (Å²) in [5, 5.41) is 13.7. The topological polar surface area (TPSA) is 46.3 Å². The molecule has 1 N–H and O–H groups in total. The van der Waals surface area contributed by atoms with Crippen molar-refractivity contribution in [3.8, 4) is 0 Å². The number of aliphatic hydroxyl groups is 1. The van der Waals surface area contributed by atoms with Gasteiger partial charge >= 0.3 is 0 Å². The van der Waals surface area contributed by atoms with Crippen molar-refractivity contribution in [2.45, 2.75) is 19.4 Å². The highest BCUT2D eigenvalue weighted by molar-refractivity contribution is 5.48. The summed E-state index contributed by atoms with van der Waals surface area (Å²) in [6.45, 7) is 1.82. The van der Waals surface area contributed by atoms with Gasteiger partial charge in [0.15, 0.2) is 0 Å². The second-order valence-electron chi connectivity index (χ2n) is 3.92. The lowest BCUT2D eigenvalue weighted by Gasteiger charge is -2.04. The van der Waals surface area contributed by atoms with Crippen LogP contribution in [0.3, 0.4) is 0 Å². The van der Waals surface area contributed by atoms with Gasteiger partial charge in [-0.2, -0.15) is 0 Å². The molecule has 0 bridgehead atoms. The third kappa shape index (κ3) is 3.04. The largest absolute Gasteiger partial charge is 0.388 e. The summed E-state index contributed by atoms with van der Waals surface area (Å²) in [6, 6.07) is 9.99. The molecule has 0 saturated carbocycles. The van der Waals surface area contributed by atoms with E-state index >= 15 is 0 Å². The maximum absolute atomic E-state index is 9.92. The molecule has 1 aromatic carbocycles. The Balaban J connectivity index is 1.95. The lowest BCUT2D eigenvalue weighted by Crippen LogP contribution is -1.95. The molecule has 88 valence electrons. The standard InChI is InChI=1S/C14H15NO2/c1-11-13(10-17-15-11)14(16)9-5-8-12-6-3-2-4-7-12/h2-8,10,14,16H,9H2,1H3/b8-5+. The van der Waals surface area contributed by atoms with Crippen molar-refractivity contribution in [3.63, 3.8) is 0 Å². The molecule has 2 aromatic rings. The molecule has 0 amide bonds. The normalized spacial score (nSPS) is 13.1. The van der Waals surface area contributed by atoms with Gasteiger partial charge in [0, 0.05) is 5.56 Å². The van der Waals surface area contributed by atoms with Gasteiger partial charge in [0.1, 0.15) is 6.26 Å². The summed E-state index contributed by atoms with van der Waals surface area (Å²) in [7, 11) is 0. The van der Waals surface area contributed by atoms with Crippen LogP contribution in [-0.2, 0) is 0 Å². The summed E-state index contributed by atoms with van der Waals surface area (Å²) in [4.78, 5) is 0. The molecule has 0 aliphatic heterocycles. The van der Waals surface area contributed by atoms with E-state index in [2.05, 4.69) is 5.16 Å². The van der Waals surface area contributed by atoms with Gasteiger partial charge in [-0.15, -0.1) is 0 Å². The molecule has 3 nitrogen and oxygen atoms in total. The summed E-state index contributed by atoms with van der Waals surface area (Å²) < 4.78 is 4.80. The molecule has 1 aromatic heterocycles. The van der Waals surface area contributed by atoms with Crippen molar-refractivity contribution in [2.75, 3.05) is 0 Å². The van der Waals surface area contributed by atoms with Crippen LogP contribution in [0.1, 0.15) is 29.3 Å². The van der Waals surface area contributed by atoms with E-state index in [4.69, 9.17) is 4.52 Å². The number of hydrogen-bond donors (Lipinski definition) is 1. The first-order chi connectivity index (χ1) is 8.27. The monoisotopic (exact) mass is 229 g/mol. The summed E-state index contributed by atoms with van der Waals surface area (Å²) in [5.41, 5.74) is 2.62. The van der Waals surface area contributed by atoms with Crippen molar-refractivity contribution < 1.29 is 9.63 Å². The Morgan fingerprint density at radius 2 is 2.12 bits per heavy atom. The SMILES string of the molecule is Cc1nocc1C(O)C/C=C/c1ccccc1. The molecule has 1 atom stereocenters. The van der Waals surface area contributed by atoms with E-state index < -0.39 is 6.10 Å². The fourth-order valence-corrected chi connectivity index (χ4v) is 1.64. The Hall–Kier alpha value is -1.87. The number of nitrogens with zero attached hydrogens (tertiary/aromatic N) is 1. The first kappa shape index (κ1) is 11.6. The highest BCUT2D eigenvalue weighted by Gasteiger charge is 2.11. The molecule has 2 rings (SSSR count). The van der Waals surface area contributed by atoms with E-state index in [1.165, 1.54) is 6.26 Å². The molecule has 17 heavy (non-hydrogen) atoms. The van der Waals surface area contributed by atoms with Crippen LogP contribution in [0.2, 0.25) is 0 Å². The third-order valence-corrected chi connectivity index (χ3v) is 2.62. The first-order valence-electron chi connectivity index (χ1n) is 5.58. The van der Waals surface area contributed by atoms with Gasteiger partial charge in [0.25, 0.3) is 0 Å². The quantitative estimate of drug-likeness (QED) is 0.876. The average molecular weight is 229 g/mol. The summed E-state index contributed by atoms with van der Waals surface area (Å²) in [5.74, 6) is 0. The zero-order valence-electron chi connectivity index (χ0n) is 9.71. The first-order valence-corrected chi connectivity index (χ1v) is 5.58. The van der Waals surface area contributed by atoms with Crippen LogP contribution < -0.4 is 0 Å². The minimum atomic E-state index is -0.554. The Morgan fingerprint density at radius 3 is 2.76 bits per heavy atom. The number of rotatable bonds is 4. The van der Waals surface area contributed by atoms with Gasteiger partial charge in [0.05, 0.1) is 11.8 Å². The van der Waals surface area contributed by atoms with Gasteiger partial charge in [-0.25, -0.2) is 0 Å². The van der Waals surface area contributed by atoms with E-state index in [9.17, 15) is 5.11 Å². The average Bonchev–Trinajstić information content (AvgIpc) is 2.77. The van der Waals surface area contributed by atoms with Crippen LogP contribution in [0.5, 0.6) is 0 Å². The Labute approximate surface area is 100 Å². The molecular formula is C14H15NO2. The predicted molar refractivity (Wildman–Crippen MR) is 66.3 cm³/mol. The van der Waals surface area contributed by atoms with Crippen LogP contribution in [0.4, 0.5) is 0 Å². The van der Waals surface area contributed by atoms with E-state index in [0.29, 0.717) is 6.42 Å². The van der Waals surface area contributed by atoms with Gasteiger partial charge in [-0.05, 0) is 18.9 Å². The van der Waals surface area contributed by atoms with Crippen LogP contribution in [0.15, 0.2) is 47.2 Å². The van der Waals surface area contributed by atoms with Crippen molar-refractivity contribution >= 4 is 6.08 Å². The number of aromatic nitrogens is 1. The second-order valence-corrected chi connectivity index (χ2v) is 3.92. The highest BCUT2D eigenvalue weighted by atomic mass is 16.5. The molecule has 0 spiro atoms. The zero-order valence-corrected chi connectivity index (χ0v) is 9.71. The zero-order chi connectivity index (χ0) is 12.1. The van der Waals surface area contributed by atoms with Crippen LogP contribution in [0.25, 0.3) is 6.08 Å². The van der Waals surface area contributed by atoms with E-state index in [0.717, 1.165) is 16.8 Å². The van der Waals surface area contributed by atoms with Gasteiger partial charge in [-0.1, -0.05) is 47.6 Å². The van der Waals surface area contributed by atoms with E-state index in [1.54, 1.807) is 0 Å². The fourth-order valence-electron chi connectivity index (χ4n) is 1.64. The molecule has 0 saturated heterocycles. The fraction of sp³-hybridized carbons (Fsp3) is 0.214. The Bertz CT molecular complexity index is 488. The van der Waals surface area contributed by atoms with Gasteiger partial charge in [0.2, 0.25) is 0 Å². The highest BCUT2D eigenvalue weighted by Crippen LogP contribution is 2.20. The maximum atomic E-state index is 9.92. The third-order valence-electron chi connectivity index (χ3n) is 2.62. The van der Waals surface area contributed by atoms with E-state index in [1.807, 2.05) is 49.4 Å². The predicted octanol–water partition coefficient (Wildman–Crippen LogP) is 3.12. The summed E-state index contributed by atoms with van der Waals surface area (Å²) >= 11 is 0. The van der Waals surface area contributed by atoms with Crippen LogP contribution >= 0.6 is 0 Å². The van der Waals surface area contributed by atoms with Crippen molar-refractivity contribution in [2.24, 2.45) is 0 Å². The smallest absolute Gasteiger partial charge is 0.129 e. The number of aliphatic hydroxyl groups excluding tert-OH is 1. The van der Waals surface area contributed by atoms with Crippen molar-refractivity contribution in [1.82, 2.24) is 5.16 Å². The molecule has 1 unspecified atom stereocenters. The van der Waals surface area contributed by atoms with Crippen LogP contribution in [-0.4, -0.2) is 10.3 Å². The molecule has 1 heterocycles. The lowest BCUT2D eigenvalue weighted by atomic mass is 10.1. The van der Waals surface area contributed by atoms with Crippen molar-refractivity contribution in [1.29, 1.82) is 0 Å². The van der Waals surface area contributed by atoms with Gasteiger partial charge < -0.3 is 9.63 Å². The molecular weight excluding hydrogens is 214 g/mol. The summed E-state index contributed by atoms with van der Waals surface area (Å²) in [6.07, 6.45) is 5.44. The molecule has 0 aliphatic carbocycles. The second kappa shape index (κ2) is 5.46. The minimum Gasteiger partial charge on any atom is -0.388 e. The molecule has 3 heteroatoms. The number of hydrogen-bond acceptors (Lipinski definition) is 3. The molecule has 0 fully saturated rings. The lowest BCUT2D eigenvalue weighted by molar-refractivity contribution is 0.180. The van der Waals surface area contributed by atoms with Gasteiger partial charge in [-0.3, -0.25) is 0 Å². The Morgan fingerprint density at radius 1 is 1.35 bits per heavy atom.